The summed E-state index contributed by atoms with van der Waals surface area (Å²) in [5, 5.41) is 18.1. The van der Waals surface area contributed by atoms with Crippen molar-refractivity contribution in [1.29, 1.82) is 0 Å². The molecule has 16 heavy (non-hydrogen) atoms. The van der Waals surface area contributed by atoms with E-state index in [1.54, 1.807) is 27.7 Å². The van der Waals surface area contributed by atoms with Crippen LogP contribution in [0.4, 0.5) is 0 Å². The molecule has 0 unspecified atom stereocenters. The zero-order valence-electron chi connectivity index (χ0n) is 9.77. The Balaban J connectivity index is 2.90. The maximum atomic E-state index is 11.7. The van der Waals surface area contributed by atoms with Gasteiger partial charge in [0.05, 0.1) is 0 Å². The van der Waals surface area contributed by atoms with Crippen LogP contribution in [0.3, 0.4) is 0 Å². The molecule has 0 saturated heterocycles. The molecule has 88 valence electrons. The van der Waals surface area contributed by atoms with Gasteiger partial charge in [-0.3, -0.25) is 0 Å². The molecule has 2 N–H and O–H groups in total. The maximum Gasteiger partial charge on any atom is 0.489 e. The Morgan fingerprint density at radius 1 is 1.44 bits per heavy atom. The first kappa shape index (κ1) is 13.2. The fourth-order valence-electron chi connectivity index (χ4n) is 1.18. The highest BCUT2D eigenvalue weighted by Gasteiger charge is 2.23. The monoisotopic (exact) mass is 242 g/mol. The van der Waals surface area contributed by atoms with Crippen LogP contribution in [-0.4, -0.2) is 28.7 Å². The van der Waals surface area contributed by atoms with E-state index in [0.717, 1.165) is 0 Å². The minimum atomic E-state index is -1.55. The van der Waals surface area contributed by atoms with E-state index in [2.05, 4.69) is 0 Å². The summed E-state index contributed by atoms with van der Waals surface area (Å²) in [5.74, 6) is -0.437. The summed E-state index contributed by atoms with van der Waals surface area (Å²) < 4.78 is 5.18. The average molecular weight is 242 g/mol. The highest BCUT2D eigenvalue weighted by molar-refractivity contribution is 7.15. The van der Waals surface area contributed by atoms with Crippen LogP contribution in [0.15, 0.2) is 6.07 Å². The van der Waals surface area contributed by atoms with Gasteiger partial charge in [0.15, 0.2) is 0 Å². The van der Waals surface area contributed by atoms with Gasteiger partial charge in [0.25, 0.3) is 0 Å². The zero-order valence-corrected chi connectivity index (χ0v) is 10.6. The smallest absolute Gasteiger partial charge is 0.456 e. The van der Waals surface area contributed by atoms with E-state index in [1.807, 2.05) is 0 Å². The Morgan fingerprint density at radius 2 is 2.00 bits per heavy atom. The summed E-state index contributed by atoms with van der Waals surface area (Å²) in [6, 6.07) is 1.46. The van der Waals surface area contributed by atoms with E-state index in [9.17, 15) is 4.79 Å². The van der Waals surface area contributed by atoms with E-state index in [-0.39, 0.29) is 0 Å². The predicted molar refractivity (Wildman–Crippen MR) is 64.1 cm³/mol. The van der Waals surface area contributed by atoms with Crippen LogP contribution >= 0.6 is 11.3 Å². The van der Waals surface area contributed by atoms with Crippen LogP contribution in [0.25, 0.3) is 0 Å². The molecule has 1 rings (SSSR count). The normalized spacial score (nSPS) is 11.4. The molecule has 6 heteroatoms. The second-order valence-corrected chi connectivity index (χ2v) is 5.75. The molecule has 0 atom stereocenters. The molecule has 0 aromatic carbocycles. The summed E-state index contributed by atoms with van der Waals surface area (Å²) in [4.78, 5) is 12.8. The summed E-state index contributed by atoms with van der Waals surface area (Å²) in [5.41, 5.74) is -0.196. The Morgan fingerprint density at radius 3 is 2.38 bits per heavy atom. The van der Waals surface area contributed by atoms with E-state index in [0.29, 0.717) is 15.2 Å². The molecular formula is C10H15BO4S. The fraction of sp³-hybridized carbons (Fsp3) is 0.500. The third-order valence-electron chi connectivity index (χ3n) is 1.83. The summed E-state index contributed by atoms with van der Waals surface area (Å²) in [7, 11) is -1.55. The lowest BCUT2D eigenvalue weighted by atomic mass is 9.80. The van der Waals surface area contributed by atoms with Gasteiger partial charge >= 0.3 is 13.1 Å². The van der Waals surface area contributed by atoms with Crippen molar-refractivity contribution >= 4 is 29.9 Å². The number of rotatable bonds is 2. The van der Waals surface area contributed by atoms with Crippen molar-refractivity contribution in [3.63, 3.8) is 0 Å². The molecule has 4 nitrogen and oxygen atoms in total. The lowest BCUT2D eigenvalue weighted by Gasteiger charge is -2.18. The van der Waals surface area contributed by atoms with E-state index >= 15 is 0 Å². The van der Waals surface area contributed by atoms with E-state index in [4.69, 9.17) is 14.8 Å². The minimum Gasteiger partial charge on any atom is -0.456 e. The highest BCUT2D eigenvalue weighted by Crippen LogP contribution is 2.18. The number of hydrogen-bond acceptors (Lipinski definition) is 5. The fourth-order valence-corrected chi connectivity index (χ4v) is 2.10. The third kappa shape index (κ3) is 3.33. The van der Waals surface area contributed by atoms with Gasteiger partial charge in [-0.2, -0.15) is 0 Å². The number of esters is 1. The largest absolute Gasteiger partial charge is 0.489 e. The molecule has 1 aromatic heterocycles. The van der Waals surface area contributed by atoms with Crippen LogP contribution in [0.5, 0.6) is 0 Å². The van der Waals surface area contributed by atoms with Gasteiger partial charge in [0.2, 0.25) is 0 Å². The molecule has 0 radical (unpaired) electrons. The first-order valence-electron chi connectivity index (χ1n) is 4.90. The summed E-state index contributed by atoms with van der Waals surface area (Å²) >= 11 is 1.20. The van der Waals surface area contributed by atoms with Crippen LogP contribution in [0, 0.1) is 6.92 Å². The van der Waals surface area contributed by atoms with E-state index < -0.39 is 18.7 Å². The van der Waals surface area contributed by atoms with Crippen LogP contribution < -0.4 is 5.46 Å². The van der Waals surface area contributed by atoms with Gasteiger partial charge in [-0.05, 0) is 39.2 Å². The Bertz CT molecular complexity index is 392. The van der Waals surface area contributed by atoms with Crippen molar-refractivity contribution in [1.82, 2.24) is 0 Å². The van der Waals surface area contributed by atoms with Crippen molar-refractivity contribution in [2.45, 2.75) is 33.3 Å². The summed E-state index contributed by atoms with van der Waals surface area (Å²) in [6.07, 6.45) is 0. The molecule has 0 aliphatic carbocycles. The lowest BCUT2D eigenvalue weighted by molar-refractivity contribution is 0.00753. The second kappa shape index (κ2) is 4.57. The number of carbonyl (C=O) groups excluding carboxylic acids is 1. The third-order valence-corrected chi connectivity index (χ3v) is 2.88. The molecule has 0 spiro atoms. The van der Waals surface area contributed by atoms with Crippen molar-refractivity contribution < 1.29 is 19.6 Å². The van der Waals surface area contributed by atoms with Crippen LogP contribution in [0.2, 0.25) is 0 Å². The molecule has 0 aliphatic rings. The topological polar surface area (TPSA) is 66.8 Å². The number of hydrogen-bond donors (Lipinski definition) is 2. The van der Waals surface area contributed by atoms with Crippen LogP contribution in [0.1, 0.15) is 35.3 Å². The predicted octanol–water partition coefficient (Wildman–Crippen LogP) is 0.692. The highest BCUT2D eigenvalue weighted by atomic mass is 32.1. The SMILES string of the molecule is Cc1sc(C(=O)OC(C)(C)C)cc1B(O)O. The number of aryl methyl sites for hydroxylation is 1. The average Bonchev–Trinajstić information content (AvgIpc) is 2.44. The molecule has 0 amide bonds. The van der Waals surface area contributed by atoms with Crippen molar-refractivity contribution in [3.05, 3.63) is 15.8 Å². The number of carbonyl (C=O) groups is 1. The van der Waals surface area contributed by atoms with Gasteiger partial charge < -0.3 is 14.8 Å². The quantitative estimate of drug-likeness (QED) is 0.591. The molecule has 0 fully saturated rings. The molecular weight excluding hydrogens is 227 g/mol. The van der Waals surface area contributed by atoms with Crippen LogP contribution in [-0.2, 0) is 4.74 Å². The Hall–Kier alpha value is -0.845. The molecule has 0 bridgehead atoms. The molecule has 0 saturated carbocycles. The van der Waals surface area contributed by atoms with Gasteiger partial charge in [-0.15, -0.1) is 11.3 Å². The molecule has 0 aliphatic heterocycles. The summed E-state index contributed by atoms with van der Waals surface area (Å²) in [6.45, 7) is 7.08. The van der Waals surface area contributed by atoms with Gasteiger partial charge in [0.1, 0.15) is 10.5 Å². The van der Waals surface area contributed by atoms with Gasteiger partial charge in [-0.25, -0.2) is 4.79 Å². The first-order chi connectivity index (χ1) is 7.20. The number of ether oxygens (including phenoxy) is 1. The van der Waals surface area contributed by atoms with Gasteiger partial charge in [0, 0.05) is 4.88 Å². The minimum absolute atomic E-state index is 0.353. The lowest BCUT2D eigenvalue weighted by Crippen LogP contribution is -2.30. The Kier molecular flexibility index (Phi) is 3.78. The maximum absolute atomic E-state index is 11.7. The standard InChI is InChI=1S/C10H15BO4S/c1-6-7(11(13)14)5-8(16-6)9(12)15-10(2,3)4/h5,13-14H,1-4H3. The first-order valence-corrected chi connectivity index (χ1v) is 5.72. The second-order valence-electron chi connectivity index (χ2n) is 4.50. The molecule has 1 aromatic rings. The Labute approximate surface area is 99.0 Å². The van der Waals surface area contributed by atoms with Crippen molar-refractivity contribution in [2.75, 3.05) is 0 Å². The zero-order chi connectivity index (χ0) is 12.5. The van der Waals surface area contributed by atoms with Crippen molar-refractivity contribution in [2.24, 2.45) is 0 Å². The van der Waals surface area contributed by atoms with Crippen molar-refractivity contribution in [3.8, 4) is 0 Å². The molecule has 1 heterocycles. The van der Waals surface area contributed by atoms with Gasteiger partial charge in [-0.1, -0.05) is 0 Å². The number of thiophene rings is 1. The van der Waals surface area contributed by atoms with E-state index in [1.165, 1.54) is 17.4 Å².